The molecule has 0 saturated carbocycles. The molecule has 2 heterocycles. The molecule has 110 valence electrons. The zero-order valence-electron chi connectivity index (χ0n) is 12.6. The molecule has 0 atom stereocenters. The minimum Gasteiger partial charge on any atom is -0.350 e. The van der Waals surface area contributed by atoms with Crippen molar-refractivity contribution >= 4 is 5.82 Å². The highest BCUT2D eigenvalue weighted by Crippen LogP contribution is 2.22. The average molecular weight is 277 g/mol. The Balaban J connectivity index is 2.09. The molecular weight excluding hydrogens is 253 g/mol. The largest absolute Gasteiger partial charge is 0.350 e. The van der Waals surface area contributed by atoms with E-state index in [9.17, 15) is 4.39 Å². The van der Waals surface area contributed by atoms with Crippen LogP contribution >= 0.6 is 0 Å². The van der Waals surface area contributed by atoms with E-state index in [-0.39, 0.29) is 5.82 Å². The highest BCUT2D eigenvalue weighted by molar-refractivity contribution is 5.45. The van der Waals surface area contributed by atoms with E-state index in [1.165, 1.54) is 5.57 Å². The van der Waals surface area contributed by atoms with Crippen molar-refractivity contribution in [1.29, 1.82) is 0 Å². The molecule has 1 aliphatic rings. The molecule has 2 rings (SSSR count). The maximum atomic E-state index is 14.5. The van der Waals surface area contributed by atoms with Gasteiger partial charge in [0.05, 0.1) is 0 Å². The van der Waals surface area contributed by atoms with Gasteiger partial charge in [0.1, 0.15) is 0 Å². The highest BCUT2D eigenvalue weighted by atomic mass is 19.1. The molecule has 1 aromatic heterocycles. The molecule has 3 nitrogen and oxygen atoms in total. The van der Waals surface area contributed by atoms with Crippen molar-refractivity contribution in [3.05, 3.63) is 35.3 Å². The number of anilines is 1. The number of nitrogens with zero attached hydrogens (tertiary/aromatic N) is 2. The van der Waals surface area contributed by atoms with Crippen LogP contribution in [0.15, 0.2) is 23.9 Å². The van der Waals surface area contributed by atoms with Crippen LogP contribution < -0.4 is 10.2 Å². The van der Waals surface area contributed by atoms with Crippen molar-refractivity contribution in [1.82, 2.24) is 10.3 Å². The molecule has 1 aromatic rings. The molecule has 0 unspecified atom stereocenters. The lowest BCUT2D eigenvalue weighted by molar-refractivity contribution is 0.531. The maximum Gasteiger partial charge on any atom is 0.170 e. The monoisotopic (exact) mass is 277 g/mol. The number of hydrogen-bond donors (Lipinski definition) is 1. The highest BCUT2D eigenvalue weighted by Gasteiger charge is 2.18. The third-order valence-corrected chi connectivity index (χ3v) is 3.45. The minimum absolute atomic E-state index is 0.182. The quantitative estimate of drug-likeness (QED) is 0.838. The van der Waals surface area contributed by atoms with Crippen molar-refractivity contribution in [3.63, 3.8) is 0 Å². The molecule has 0 bridgehead atoms. The van der Waals surface area contributed by atoms with Gasteiger partial charge in [0.15, 0.2) is 11.6 Å². The molecule has 0 saturated heterocycles. The number of pyridine rings is 1. The molecule has 1 N–H and O–H groups in total. The first kappa shape index (κ1) is 15.0. The van der Waals surface area contributed by atoms with Gasteiger partial charge in [0.2, 0.25) is 0 Å². The first-order valence-corrected chi connectivity index (χ1v) is 7.32. The molecular formula is C16H24FN3. The van der Waals surface area contributed by atoms with Crippen LogP contribution in [-0.4, -0.2) is 24.6 Å². The third-order valence-electron chi connectivity index (χ3n) is 3.45. The Morgan fingerprint density at radius 2 is 2.25 bits per heavy atom. The van der Waals surface area contributed by atoms with Crippen LogP contribution in [-0.2, 0) is 6.54 Å². The van der Waals surface area contributed by atoms with Gasteiger partial charge in [-0.15, -0.1) is 0 Å². The predicted molar refractivity (Wildman–Crippen MR) is 81.3 cm³/mol. The molecule has 0 radical (unpaired) electrons. The molecule has 20 heavy (non-hydrogen) atoms. The zero-order valence-corrected chi connectivity index (χ0v) is 12.6. The maximum absolute atomic E-state index is 14.5. The number of halogens is 1. The topological polar surface area (TPSA) is 28.2 Å². The van der Waals surface area contributed by atoms with Gasteiger partial charge in [-0.2, -0.15) is 0 Å². The van der Waals surface area contributed by atoms with E-state index >= 15 is 0 Å². The summed E-state index contributed by atoms with van der Waals surface area (Å²) in [4.78, 5) is 6.26. The second-order valence-electron chi connectivity index (χ2n) is 5.89. The number of nitrogens with one attached hydrogen (secondary N) is 1. The second-order valence-corrected chi connectivity index (χ2v) is 5.89. The van der Waals surface area contributed by atoms with Crippen LogP contribution in [0.4, 0.5) is 10.2 Å². The van der Waals surface area contributed by atoms with E-state index in [1.807, 2.05) is 4.90 Å². The predicted octanol–water partition coefficient (Wildman–Crippen LogP) is 3.12. The van der Waals surface area contributed by atoms with Crippen molar-refractivity contribution < 1.29 is 4.39 Å². The minimum atomic E-state index is -0.182. The Morgan fingerprint density at radius 1 is 1.45 bits per heavy atom. The van der Waals surface area contributed by atoms with Crippen molar-refractivity contribution in [2.45, 2.75) is 33.7 Å². The molecule has 0 spiro atoms. The molecule has 4 heteroatoms. The number of rotatable bonds is 5. The van der Waals surface area contributed by atoms with Crippen molar-refractivity contribution in [2.24, 2.45) is 5.92 Å². The summed E-state index contributed by atoms with van der Waals surface area (Å²) in [5.74, 6) is 0.869. The van der Waals surface area contributed by atoms with Crippen LogP contribution in [0.25, 0.3) is 0 Å². The van der Waals surface area contributed by atoms with Gasteiger partial charge in [0.25, 0.3) is 0 Å². The van der Waals surface area contributed by atoms with E-state index in [0.717, 1.165) is 26.1 Å². The molecule has 1 aliphatic heterocycles. The first-order valence-electron chi connectivity index (χ1n) is 7.32. The Bertz CT molecular complexity index is 483. The molecule has 0 fully saturated rings. The van der Waals surface area contributed by atoms with Crippen LogP contribution in [0.3, 0.4) is 0 Å². The average Bonchev–Trinajstić information content (AvgIpc) is 2.40. The number of hydrogen-bond acceptors (Lipinski definition) is 3. The molecule has 0 amide bonds. The van der Waals surface area contributed by atoms with Crippen LogP contribution in [0.5, 0.6) is 0 Å². The summed E-state index contributed by atoms with van der Waals surface area (Å²) in [5.41, 5.74) is 1.98. The smallest absolute Gasteiger partial charge is 0.170 e. The summed E-state index contributed by atoms with van der Waals surface area (Å²) in [5, 5.41) is 3.28. The second kappa shape index (κ2) is 6.84. The van der Waals surface area contributed by atoms with Gasteiger partial charge in [-0.3, -0.25) is 0 Å². The van der Waals surface area contributed by atoms with Gasteiger partial charge in [-0.05, 0) is 31.9 Å². The fourth-order valence-corrected chi connectivity index (χ4v) is 2.42. The summed E-state index contributed by atoms with van der Waals surface area (Å²) >= 11 is 0. The number of aromatic nitrogens is 1. The Kier molecular flexibility index (Phi) is 5.12. The van der Waals surface area contributed by atoms with E-state index in [0.29, 0.717) is 23.8 Å². The van der Waals surface area contributed by atoms with Gasteiger partial charge >= 0.3 is 0 Å². The first-order chi connectivity index (χ1) is 9.58. The van der Waals surface area contributed by atoms with Crippen LogP contribution in [0.2, 0.25) is 0 Å². The van der Waals surface area contributed by atoms with Crippen molar-refractivity contribution in [2.75, 3.05) is 24.5 Å². The Morgan fingerprint density at radius 3 is 2.95 bits per heavy atom. The molecule has 0 aromatic carbocycles. The zero-order chi connectivity index (χ0) is 14.5. The van der Waals surface area contributed by atoms with E-state index < -0.39 is 0 Å². The van der Waals surface area contributed by atoms with E-state index in [4.69, 9.17) is 0 Å². The van der Waals surface area contributed by atoms with Gasteiger partial charge in [-0.25, -0.2) is 9.37 Å². The fraction of sp³-hybridized carbons (Fsp3) is 0.562. The van der Waals surface area contributed by atoms with Crippen LogP contribution in [0, 0.1) is 11.7 Å². The summed E-state index contributed by atoms with van der Waals surface area (Å²) < 4.78 is 14.5. The lowest BCUT2D eigenvalue weighted by atomic mass is 10.1. The SMILES string of the molecule is CC1=CCCN(c2nccc(CNCC(C)C)c2F)C1. The van der Waals surface area contributed by atoms with Gasteiger partial charge in [-0.1, -0.05) is 25.5 Å². The summed E-state index contributed by atoms with van der Waals surface area (Å²) in [6, 6.07) is 1.76. The summed E-state index contributed by atoms with van der Waals surface area (Å²) in [6.07, 6.45) is 4.88. The van der Waals surface area contributed by atoms with Crippen molar-refractivity contribution in [3.8, 4) is 0 Å². The normalized spacial score (nSPS) is 15.7. The summed E-state index contributed by atoms with van der Waals surface area (Å²) in [7, 11) is 0. The van der Waals surface area contributed by atoms with Gasteiger partial charge < -0.3 is 10.2 Å². The Hall–Kier alpha value is -1.42. The third kappa shape index (κ3) is 3.79. The lowest BCUT2D eigenvalue weighted by Gasteiger charge is -2.28. The lowest BCUT2D eigenvalue weighted by Crippen LogP contribution is -2.31. The molecule has 0 aliphatic carbocycles. The van der Waals surface area contributed by atoms with E-state index in [1.54, 1.807) is 12.3 Å². The van der Waals surface area contributed by atoms with E-state index in [2.05, 4.69) is 37.1 Å². The standard InChI is InChI=1S/C16H24FN3/c1-12(2)9-18-10-14-6-7-19-16(15(14)17)20-8-4-5-13(3)11-20/h5-7,12,18H,4,8-11H2,1-3H3. The Labute approximate surface area is 120 Å². The fourth-order valence-electron chi connectivity index (χ4n) is 2.42. The van der Waals surface area contributed by atoms with Crippen LogP contribution in [0.1, 0.15) is 32.8 Å². The van der Waals surface area contributed by atoms with Gasteiger partial charge in [0, 0.05) is 31.4 Å². The summed E-state index contributed by atoms with van der Waals surface area (Å²) in [6.45, 7) is 9.42.